The van der Waals surface area contributed by atoms with E-state index in [9.17, 15) is 14.2 Å². The second kappa shape index (κ2) is 11.1. The van der Waals surface area contributed by atoms with E-state index in [2.05, 4.69) is 10.1 Å². The Morgan fingerprint density at radius 1 is 1.34 bits per heavy atom. The van der Waals surface area contributed by atoms with Gasteiger partial charge in [0, 0.05) is 18.7 Å². The van der Waals surface area contributed by atoms with Crippen molar-refractivity contribution in [1.82, 2.24) is 14.6 Å². The number of ether oxygens (including phenoxy) is 2. The van der Waals surface area contributed by atoms with Crippen LogP contribution in [0.4, 0.5) is 4.39 Å². The fraction of sp³-hybridized carbons (Fsp3) is 0.500. The van der Waals surface area contributed by atoms with Crippen LogP contribution in [0.3, 0.4) is 0 Å². The van der Waals surface area contributed by atoms with Crippen molar-refractivity contribution in [2.75, 3.05) is 6.61 Å². The number of hydrogen-bond donors (Lipinski definition) is 2. The van der Waals surface area contributed by atoms with Gasteiger partial charge in [-0.05, 0) is 52.0 Å². The summed E-state index contributed by atoms with van der Waals surface area (Å²) in [6.45, 7) is 5.88. The van der Waals surface area contributed by atoms with Crippen molar-refractivity contribution in [3.63, 3.8) is 0 Å². The highest BCUT2D eigenvalue weighted by molar-refractivity contribution is 7.71. The van der Waals surface area contributed by atoms with Gasteiger partial charge in [-0.3, -0.25) is 23.7 Å². The molecule has 0 amide bonds. The summed E-state index contributed by atoms with van der Waals surface area (Å²) in [7, 11) is -4.12. The minimum absolute atomic E-state index is 0.00480. The maximum atomic E-state index is 15.4. The Bertz CT molecular complexity index is 1190. The minimum Gasteiger partial charge on any atom is -0.462 e. The first kappa shape index (κ1) is 27.2. The van der Waals surface area contributed by atoms with Gasteiger partial charge >= 0.3 is 13.7 Å². The van der Waals surface area contributed by atoms with Gasteiger partial charge in [-0.1, -0.05) is 18.2 Å². The van der Waals surface area contributed by atoms with Crippen molar-refractivity contribution in [3.8, 4) is 5.75 Å². The summed E-state index contributed by atoms with van der Waals surface area (Å²) in [4.78, 5) is 26.1. The van der Waals surface area contributed by atoms with Crippen LogP contribution in [0.15, 0.2) is 47.4 Å². The molecule has 2 aromatic rings. The normalized spacial score (nSPS) is 24.6. The third-order valence-corrected chi connectivity index (χ3v) is 6.98. The van der Waals surface area contributed by atoms with Gasteiger partial charge in [0.2, 0.25) is 0 Å². The lowest BCUT2D eigenvalue weighted by atomic mass is 10.0. The smallest absolute Gasteiger partial charge is 0.459 e. The summed E-state index contributed by atoms with van der Waals surface area (Å²) in [5.74, 6) is -0.394. The highest BCUT2D eigenvalue weighted by atomic mass is 32.1. The van der Waals surface area contributed by atoms with E-state index >= 15 is 4.39 Å². The van der Waals surface area contributed by atoms with Crippen LogP contribution in [0, 0.1) is 4.77 Å². The molecule has 2 N–H and O–H groups in total. The number of benzene rings is 1. The van der Waals surface area contributed by atoms with Crippen molar-refractivity contribution in [2.24, 2.45) is 0 Å². The molecule has 1 unspecified atom stereocenters. The Balaban J connectivity index is 1.75. The molecule has 0 saturated carbocycles. The summed E-state index contributed by atoms with van der Waals surface area (Å²) in [5, 5.41) is 2.58. The molecule has 0 aliphatic carbocycles. The van der Waals surface area contributed by atoms with Gasteiger partial charge in [0.05, 0.1) is 18.8 Å². The average molecular weight is 530 g/mol. The molecular formula is C22H29FN3O7PS. The number of aromatic nitrogens is 2. The SMILES string of the molecule is CC(C)OC(=O)[C@H](C)NP(=O)(OC[C@@H]1C[C@@](C)(F)[C@H](n2ccc(=O)[nH]c2=S)O1)Oc1ccccc1. The second-order valence-electron chi connectivity index (χ2n) is 8.64. The van der Waals surface area contributed by atoms with Crippen molar-refractivity contribution in [3.05, 3.63) is 57.7 Å². The molecule has 1 aromatic heterocycles. The first-order valence-electron chi connectivity index (χ1n) is 11.0. The summed E-state index contributed by atoms with van der Waals surface area (Å²) < 4.78 is 52.4. The van der Waals surface area contributed by atoms with E-state index in [1.54, 1.807) is 44.2 Å². The molecule has 1 fully saturated rings. The van der Waals surface area contributed by atoms with Crippen LogP contribution in [0.1, 0.15) is 40.3 Å². The van der Waals surface area contributed by atoms with Crippen LogP contribution in [-0.4, -0.2) is 46.0 Å². The van der Waals surface area contributed by atoms with E-state index in [4.69, 9.17) is 30.7 Å². The van der Waals surface area contributed by atoms with Gasteiger partial charge in [-0.15, -0.1) is 0 Å². The van der Waals surface area contributed by atoms with E-state index in [1.165, 1.54) is 30.7 Å². The average Bonchev–Trinajstić information content (AvgIpc) is 3.06. The van der Waals surface area contributed by atoms with E-state index in [0.29, 0.717) is 0 Å². The summed E-state index contributed by atoms with van der Waals surface area (Å²) >= 11 is 5.13. The molecule has 1 saturated heterocycles. The zero-order valence-corrected chi connectivity index (χ0v) is 21.5. The van der Waals surface area contributed by atoms with Crippen LogP contribution in [-0.2, 0) is 23.4 Å². The number of halogens is 1. The Labute approximate surface area is 207 Å². The van der Waals surface area contributed by atoms with Crippen LogP contribution in [0.2, 0.25) is 0 Å². The highest BCUT2D eigenvalue weighted by Gasteiger charge is 2.48. The largest absolute Gasteiger partial charge is 0.462 e. The lowest BCUT2D eigenvalue weighted by Gasteiger charge is -2.24. The molecular weight excluding hydrogens is 500 g/mol. The Morgan fingerprint density at radius 2 is 2.03 bits per heavy atom. The van der Waals surface area contributed by atoms with Gasteiger partial charge in [0.25, 0.3) is 5.56 Å². The molecule has 192 valence electrons. The van der Waals surface area contributed by atoms with Crippen molar-refractivity contribution in [1.29, 1.82) is 0 Å². The molecule has 0 bridgehead atoms. The van der Waals surface area contributed by atoms with E-state index in [0.717, 1.165) is 0 Å². The number of rotatable bonds is 10. The molecule has 2 heterocycles. The molecule has 3 rings (SSSR count). The van der Waals surface area contributed by atoms with Crippen LogP contribution in [0.5, 0.6) is 5.75 Å². The van der Waals surface area contributed by atoms with Gasteiger partial charge in [-0.25, -0.2) is 8.96 Å². The summed E-state index contributed by atoms with van der Waals surface area (Å²) in [6, 6.07) is 8.47. The van der Waals surface area contributed by atoms with Crippen LogP contribution >= 0.6 is 20.0 Å². The molecule has 1 aliphatic rings. The minimum atomic E-state index is -4.12. The van der Waals surface area contributed by atoms with E-state index in [-0.39, 0.29) is 29.7 Å². The number of esters is 1. The molecule has 5 atom stereocenters. The van der Waals surface area contributed by atoms with Crippen molar-refractivity contribution >= 4 is 25.9 Å². The zero-order valence-electron chi connectivity index (χ0n) is 19.8. The zero-order chi connectivity index (χ0) is 25.8. The number of alkyl halides is 1. The topological polar surface area (TPSA) is 121 Å². The fourth-order valence-corrected chi connectivity index (χ4v) is 5.28. The molecule has 0 spiro atoms. The monoisotopic (exact) mass is 529 g/mol. The second-order valence-corrected chi connectivity index (χ2v) is 10.7. The quantitative estimate of drug-likeness (QED) is 0.267. The molecule has 13 heteroatoms. The molecule has 10 nitrogen and oxygen atoms in total. The first-order chi connectivity index (χ1) is 16.4. The highest BCUT2D eigenvalue weighted by Crippen LogP contribution is 2.47. The van der Waals surface area contributed by atoms with Crippen molar-refractivity contribution in [2.45, 2.75) is 64.3 Å². The van der Waals surface area contributed by atoms with Gasteiger partial charge < -0.3 is 14.0 Å². The number of nitrogens with one attached hydrogen (secondary N) is 2. The van der Waals surface area contributed by atoms with Gasteiger partial charge in [0.15, 0.2) is 16.7 Å². The van der Waals surface area contributed by atoms with Crippen molar-refractivity contribution < 1.29 is 32.3 Å². The predicted octanol–water partition coefficient (Wildman–Crippen LogP) is 4.05. The van der Waals surface area contributed by atoms with E-state index in [1.807, 2.05) is 0 Å². The lowest BCUT2D eigenvalue weighted by Crippen LogP contribution is -2.36. The standard InChI is InChI=1S/C22H29FN3O7PS/c1-14(2)31-19(28)15(3)25-34(29,33-16-8-6-5-7-9-16)30-13-17-12-22(4,23)20(32-17)26-11-10-18(27)24-21(26)35/h5-11,14-15,17,20H,12-13H2,1-4H3,(H,25,29)(H,24,27,35)/t15-,17-,20+,22+,34?/m0/s1. The third-order valence-electron chi connectivity index (χ3n) is 5.02. The van der Waals surface area contributed by atoms with Crippen LogP contribution < -0.4 is 15.2 Å². The molecule has 35 heavy (non-hydrogen) atoms. The fourth-order valence-electron chi connectivity index (χ4n) is 3.50. The molecule has 0 radical (unpaired) electrons. The third kappa shape index (κ3) is 7.31. The Morgan fingerprint density at radius 3 is 2.66 bits per heavy atom. The maximum absolute atomic E-state index is 15.4. The summed E-state index contributed by atoms with van der Waals surface area (Å²) in [6.07, 6.45) is -1.08. The van der Waals surface area contributed by atoms with Crippen LogP contribution in [0.25, 0.3) is 0 Å². The number of carbonyl (C=O) groups is 1. The number of nitrogens with zero attached hydrogens (tertiary/aromatic N) is 1. The van der Waals surface area contributed by atoms with Gasteiger partial charge in [0.1, 0.15) is 11.8 Å². The number of aromatic amines is 1. The van der Waals surface area contributed by atoms with E-state index < -0.39 is 43.3 Å². The number of H-pyrrole nitrogens is 1. The molecule has 1 aliphatic heterocycles. The summed E-state index contributed by atoms with van der Waals surface area (Å²) in [5.41, 5.74) is -2.28. The lowest BCUT2D eigenvalue weighted by molar-refractivity contribution is -0.149. The Kier molecular flexibility index (Phi) is 8.66. The Hall–Kier alpha value is -2.37. The van der Waals surface area contributed by atoms with Gasteiger partial charge in [-0.2, -0.15) is 5.09 Å². The maximum Gasteiger partial charge on any atom is 0.459 e. The number of hydrogen-bond acceptors (Lipinski definition) is 8. The molecule has 1 aromatic carbocycles. The number of para-hydroxylation sites is 1. The number of carbonyl (C=O) groups excluding carboxylic acids is 1. The first-order valence-corrected chi connectivity index (χ1v) is 13.0. The predicted molar refractivity (Wildman–Crippen MR) is 128 cm³/mol.